The molecule has 0 spiro atoms. The van der Waals surface area contributed by atoms with Crippen LogP contribution < -0.4 is 16.2 Å². The molecule has 1 aliphatic rings. The van der Waals surface area contributed by atoms with Crippen molar-refractivity contribution in [3.63, 3.8) is 0 Å². The molecule has 0 unspecified atom stereocenters. The van der Waals surface area contributed by atoms with Gasteiger partial charge in [0.15, 0.2) is 0 Å². The summed E-state index contributed by atoms with van der Waals surface area (Å²) >= 11 is 0. The lowest BCUT2D eigenvalue weighted by atomic mass is 9.90. The van der Waals surface area contributed by atoms with E-state index in [-0.39, 0.29) is 17.8 Å². The number of carbonyl (C=O) groups excluding carboxylic acids is 1. The van der Waals surface area contributed by atoms with Crippen LogP contribution in [0.3, 0.4) is 0 Å². The highest BCUT2D eigenvalue weighted by Crippen LogP contribution is 2.41. The number of aromatic nitrogens is 1. The molecule has 7 heteroatoms. The molecule has 1 amide bonds. The van der Waals surface area contributed by atoms with Crippen LogP contribution in [-0.2, 0) is 23.2 Å². The second-order valence-corrected chi connectivity index (χ2v) is 8.32. The number of hydrogen-bond donors (Lipinski definition) is 2. The number of nitrogens with one attached hydrogen (secondary N) is 1. The van der Waals surface area contributed by atoms with E-state index in [2.05, 4.69) is 5.43 Å². The Morgan fingerprint density at radius 1 is 1.16 bits per heavy atom. The number of anilines is 2. The number of rotatable bonds is 5. The summed E-state index contributed by atoms with van der Waals surface area (Å²) in [6, 6.07) is 17.8. The number of ether oxygens (including phenoxy) is 1. The predicted octanol–water partition coefficient (Wildman–Crippen LogP) is 4.53. The largest absolute Gasteiger partial charge is 0.444 e. The van der Waals surface area contributed by atoms with Gasteiger partial charge in [0.2, 0.25) is 0 Å². The first-order valence-electron chi connectivity index (χ1n) is 10.1. The molecule has 0 bridgehead atoms. The Labute approximate surface area is 180 Å². The van der Waals surface area contributed by atoms with E-state index in [9.17, 15) is 9.18 Å². The van der Waals surface area contributed by atoms with Crippen molar-refractivity contribution in [2.75, 3.05) is 16.9 Å². The van der Waals surface area contributed by atoms with Crippen molar-refractivity contribution in [2.24, 2.45) is 5.84 Å². The maximum absolute atomic E-state index is 13.3. The first-order chi connectivity index (χ1) is 14.9. The van der Waals surface area contributed by atoms with Crippen molar-refractivity contribution >= 4 is 17.6 Å². The van der Waals surface area contributed by atoms with Crippen molar-refractivity contribution in [1.29, 1.82) is 0 Å². The van der Waals surface area contributed by atoms with E-state index >= 15 is 0 Å². The maximum Gasteiger partial charge on any atom is 0.414 e. The summed E-state index contributed by atoms with van der Waals surface area (Å²) in [5.41, 5.74) is 6.44. The average molecular weight is 420 g/mol. The van der Waals surface area contributed by atoms with Crippen molar-refractivity contribution in [1.82, 2.24) is 4.98 Å². The van der Waals surface area contributed by atoms with E-state index in [0.717, 1.165) is 22.4 Å². The Hall–Kier alpha value is -3.45. The molecule has 0 saturated carbocycles. The normalized spacial score (nSPS) is 14.3. The zero-order valence-corrected chi connectivity index (χ0v) is 17.6. The number of carbonyl (C=O) groups is 1. The number of hydrazine groups is 1. The number of benzene rings is 2. The van der Waals surface area contributed by atoms with Gasteiger partial charge in [0.1, 0.15) is 18.2 Å². The molecule has 0 atom stereocenters. The fraction of sp³-hybridized carbons (Fsp3) is 0.250. The van der Waals surface area contributed by atoms with E-state index in [4.69, 9.17) is 15.6 Å². The lowest BCUT2D eigenvalue weighted by Gasteiger charge is -2.19. The summed E-state index contributed by atoms with van der Waals surface area (Å²) in [4.78, 5) is 19.3. The number of halogens is 1. The lowest BCUT2D eigenvalue weighted by Crippen LogP contribution is -2.34. The van der Waals surface area contributed by atoms with Gasteiger partial charge in [0, 0.05) is 23.9 Å². The minimum absolute atomic E-state index is 0.199. The van der Waals surface area contributed by atoms with Gasteiger partial charge in [-0.2, -0.15) is 0 Å². The zero-order chi connectivity index (χ0) is 22.0. The molecule has 0 saturated heterocycles. The number of nitrogens with zero attached hydrogens (tertiary/aromatic N) is 2. The molecule has 2 heterocycles. The first-order valence-corrected chi connectivity index (χ1v) is 10.1. The third kappa shape index (κ3) is 4.36. The fourth-order valence-electron chi connectivity index (χ4n) is 3.84. The van der Waals surface area contributed by atoms with Crippen molar-refractivity contribution in [3.05, 3.63) is 88.9 Å². The smallest absolute Gasteiger partial charge is 0.414 e. The maximum atomic E-state index is 13.3. The third-order valence-electron chi connectivity index (χ3n) is 5.44. The van der Waals surface area contributed by atoms with Crippen LogP contribution in [0.2, 0.25) is 0 Å². The second kappa shape index (κ2) is 8.35. The first kappa shape index (κ1) is 20.8. The highest BCUT2D eigenvalue weighted by molar-refractivity contribution is 5.91. The highest BCUT2D eigenvalue weighted by Gasteiger charge is 2.41. The van der Waals surface area contributed by atoms with Crippen LogP contribution >= 0.6 is 0 Å². The van der Waals surface area contributed by atoms with Gasteiger partial charge >= 0.3 is 6.09 Å². The molecular weight excluding hydrogens is 395 g/mol. The summed E-state index contributed by atoms with van der Waals surface area (Å²) in [5, 5.41) is 0. The molecule has 2 aromatic carbocycles. The van der Waals surface area contributed by atoms with Gasteiger partial charge in [0.25, 0.3) is 0 Å². The summed E-state index contributed by atoms with van der Waals surface area (Å²) in [6.45, 7) is 4.71. The van der Waals surface area contributed by atoms with Crippen LogP contribution in [0, 0.1) is 5.82 Å². The summed E-state index contributed by atoms with van der Waals surface area (Å²) < 4.78 is 18.8. The molecule has 1 aromatic heterocycles. The lowest BCUT2D eigenvalue weighted by molar-refractivity contribution is 0.147. The predicted molar refractivity (Wildman–Crippen MR) is 118 cm³/mol. The SMILES string of the molecule is CC1(C)CN(C(=O)OCc2ccccc2)c2cc(Cc3ccc(F)cc3)c(NN)nc21. The molecule has 3 aromatic rings. The van der Waals surface area contributed by atoms with Gasteiger partial charge < -0.3 is 10.2 Å². The van der Waals surface area contributed by atoms with Crippen LogP contribution in [0.1, 0.15) is 36.2 Å². The quantitative estimate of drug-likeness (QED) is 0.468. The summed E-state index contributed by atoms with van der Waals surface area (Å²) in [5.74, 6) is 5.99. The monoisotopic (exact) mass is 420 g/mol. The van der Waals surface area contributed by atoms with Crippen LogP contribution in [0.4, 0.5) is 20.7 Å². The van der Waals surface area contributed by atoms with Gasteiger partial charge in [-0.1, -0.05) is 56.3 Å². The summed E-state index contributed by atoms with van der Waals surface area (Å²) in [7, 11) is 0. The molecule has 4 rings (SSSR count). The fourth-order valence-corrected chi connectivity index (χ4v) is 3.84. The molecule has 0 fully saturated rings. The minimum Gasteiger partial charge on any atom is -0.444 e. The number of nitrogen functional groups attached to an aromatic ring is 1. The number of pyridine rings is 1. The second-order valence-electron chi connectivity index (χ2n) is 8.32. The average Bonchev–Trinajstić information content (AvgIpc) is 3.04. The number of fused-ring (bicyclic) bond motifs is 1. The van der Waals surface area contributed by atoms with Crippen molar-refractivity contribution in [2.45, 2.75) is 32.3 Å². The van der Waals surface area contributed by atoms with E-state index in [0.29, 0.717) is 24.5 Å². The number of hydrogen-bond acceptors (Lipinski definition) is 5. The minimum atomic E-state index is -0.418. The number of amides is 1. The topological polar surface area (TPSA) is 80.5 Å². The van der Waals surface area contributed by atoms with Gasteiger partial charge in [0.05, 0.1) is 11.4 Å². The Morgan fingerprint density at radius 2 is 1.87 bits per heavy atom. The van der Waals surface area contributed by atoms with Gasteiger partial charge in [-0.3, -0.25) is 4.90 Å². The zero-order valence-electron chi connectivity index (χ0n) is 17.6. The molecule has 0 radical (unpaired) electrons. The van der Waals surface area contributed by atoms with Crippen molar-refractivity contribution in [3.8, 4) is 0 Å². The molecule has 6 nitrogen and oxygen atoms in total. The third-order valence-corrected chi connectivity index (χ3v) is 5.44. The molecule has 0 aliphatic carbocycles. The Bertz CT molecular complexity index is 1080. The standard InChI is InChI=1S/C24H25FN4O2/c1-24(2)15-29(23(30)31-14-17-6-4-3-5-7-17)20-13-18(22(28-26)27-21(20)24)12-16-8-10-19(25)11-9-16/h3-11,13H,12,14-15,26H2,1-2H3,(H,27,28). The molecular formula is C24H25FN4O2. The van der Waals surface area contributed by atoms with E-state index in [1.54, 1.807) is 17.0 Å². The van der Waals surface area contributed by atoms with Gasteiger partial charge in [-0.15, -0.1) is 0 Å². The Morgan fingerprint density at radius 3 is 2.55 bits per heavy atom. The number of nitrogens with two attached hydrogens (primary N) is 1. The van der Waals surface area contributed by atoms with Crippen LogP contribution in [0.15, 0.2) is 60.7 Å². The molecule has 31 heavy (non-hydrogen) atoms. The molecule has 1 aliphatic heterocycles. The van der Waals surface area contributed by atoms with Gasteiger partial charge in [-0.05, 0) is 29.3 Å². The van der Waals surface area contributed by atoms with E-state index in [1.807, 2.05) is 50.2 Å². The van der Waals surface area contributed by atoms with Crippen LogP contribution in [0.5, 0.6) is 0 Å². The van der Waals surface area contributed by atoms with Crippen molar-refractivity contribution < 1.29 is 13.9 Å². The van der Waals surface area contributed by atoms with E-state index < -0.39 is 6.09 Å². The van der Waals surface area contributed by atoms with E-state index in [1.165, 1.54) is 12.1 Å². The molecule has 160 valence electrons. The highest BCUT2D eigenvalue weighted by atomic mass is 19.1. The molecule has 3 N–H and O–H groups in total. The Balaban J connectivity index is 1.63. The Kier molecular flexibility index (Phi) is 5.61. The van der Waals surface area contributed by atoms with Crippen LogP contribution in [0.25, 0.3) is 0 Å². The van der Waals surface area contributed by atoms with Gasteiger partial charge in [-0.25, -0.2) is 20.0 Å². The summed E-state index contributed by atoms with van der Waals surface area (Å²) in [6.07, 6.45) is 0.0756. The van der Waals surface area contributed by atoms with Crippen LogP contribution in [-0.4, -0.2) is 17.6 Å².